The summed E-state index contributed by atoms with van der Waals surface area (Å²) in [5.74, 6) is 0. The Labute approximate surface area is 111 Å². The lowest BCUT2D eigenvalue weighted by molar-refractivity contribution is -0.104. The van der Waals surface area contributed by atoms with Crippen LogP contribution < -0.4 is 0 Å². The molecule has 0 amide bonds. The summed E-state index contributed by atoms with van der Waals surface area (Å²) in [5, 5.41) is 0. The van der Waals surface area contributed by atoms with Gasteiger partial charge in [-0.25, -0.2) is 0 Å². The Kier molecular flexibility index (Phi) is 12.3. The van der Waals surface area contributed by atoms with Gasteiger partial charge in [0.25, 0.3) is 0 Å². The van der Waals surface area contributed by atoms with Gasteiger partial charge in [0.05, 0.1) is 0 Å². The first kappa shape index (κ1) is 17.3. The fourth-order valence-electron chi connectivity index (χ4n) is 1.29. The molecule has 0 radical (unpaired) electrons. The van der Waals surface area contributed by atoms with Gasteiger partial charge in [-0.15, -0.1) is 0 Å². The zero-order valence-corrected chi connectivity index (χ0v) is 11.9. The zero-order valence-electron chi connectivity index (χ0n) is 11.9. The van der Waals surface area contributed by atoms with Crippen LogP contribution in [0.15, 0.2) is 24.3 Å². The van der Waals surface area contributed by atoms with Crippen molar-refractivity contribution in [2.24, 2.45) is 0 Å². The number of hydrogen-bond donors (Lipinski definition) is 0. The minimum Gasteiger partial charge on any atom is -0.349 e. The van der Waals surface area contributed by atoms with Crippen LogP contribution in [0.1, 0.15) is 27.7 Å². The van der Waals surface area contributed by atoms with Crippen LogP contribution in [0.4, 0.5) is 0 Å². The lowest BCUT2D eigenvalue weighted by Gasteiger charge is -2.12. The van der Waals surface area contributed by atoms with Crippen LogP contribution in [0.25, 0.3) is 0 Å². The predicted octanol–water partition coefficient (Wildman–Crippen LogP) is 2.90. The van der Waals surface area contributed by atoms with E-state index in [-0.39, 0.29) is 12.6 Å². The second-order valence-corrected chi connectivity index (χ2v) is 3.33. The molecule has 0 saturated carbocycles. The van der Waals surface area contributed by atoms with Crippen molar-refractivity contribution in [2.75, 3.05) is 26.4 Å². The van der Waals surface area contributed by atoms with Crippen molar-refractivity contribution in [3.05, 3.63) is 24.3 Å². The van der Waals surface area contributed by atoms with E-state index in [4.69, 9.17) is 18.9 Å². The third-order valence-electron chi connectivity index (χ3n) is 1.97. The van der Waals surface area contributed by atoms with E-state index in [1.807, 2.05) is 52.0 Å². The highest BCUT2D eigenvalue weighted by atomic mass is 16.7. The molecule has 0 unspecified atom stereocenters. The Morgan fingerprint density at radius 3 is 1.11 bits per heavy atom. The molecule has 4 nitrogen and oxygen atoms in total. The van der Waals surface area contributed by atoms with Crippen LogP contribution in [-0.4, -0.2) is 39.0 Å². The van der Waals surface area contributed by atoms with Crippen molar-refractivity contribution in [3.8, 4) is 0 Å². The highest BCUT2D eigenvalue weighted by molar-refractivity contribution is 5.05. The molecule has 0 saturated heterocycles. The first-order chi connectivity index (χ1) is 8.78. The van der Waals surface area contributed by atoms with Crippen LogP contribution in [0.2, 0.25) is 0 Å². The summed E-state index contributed by atoms with van der Waals surface area (Å²) >= 11 is 0. The summed E-state index contributed by atoms with van der Waals surface area (Å²) in [6.45, 7) is 10.3. The summed E-state index contributed by atoms with van der Waals surface area (Å²) < 4.78 is 21.5. The van der Waals surface area contributed by atoms with E-state index in [0.29, 0.717) is 26.4 Å². The average Bonchev–Trinajstić information content (AvgIpc) is 2.35. The number of allylic oxidation sites excluding steroid dienone is 2. The molecular formula is C14H26O4. The van der Waals surface area contributed by atoms with Gasteiger partial charge in [0.1, 0.15) is 0 Å². The first-order valence-corrected chi connectivity index (χ1v) is 6.59. The minimum atomic E-state index is -0.290. The van der Waals surface area contributed by atoms with Gasteiger partial charge in [0.2, 0.25) is 0 Å². The van der Waals surface area contributed by atoms with Gasteiger partial charge in [-0.2, -0.15) is 0 Å². The van der Waals surface area contributed by atoms with Crippen molar-refractivity contribution >= 4 is 0 Å². The standard InChI is InChI=1S/C14H26O4/c1-5-15-13(16-6-2)11-9-10-12-14(17-7-3)18-8-4/h9-14H,5-8H2,1-4H3. The van der Waals surface area contributed by atoms with Gasteiger partial charge in [0, 0.05) is 26.4 Å². The summed E-state index contributed by atoms with van der Waals surface area (Å²) in [5.41, 5.74) is 0. The van der Waals surface area contributed by atoms with Crippen molar-refractivity contribution in [3.63, 3.8) is 0 Å². The first-order valence-electron chi connectivity index (χ1n) is 6.59. The van der Waals surface area contributed by atoms with Crippen LogP contribution in [0.5, 0.6) is 0 Å². The van der Waals surface area contributed by atoms with E-state index >= 15 is 0 Å². The van der Waals surface area contributed by atoms with E-state index in [1.165, 1.54) is 0 Å². The molecule has 4 heteroatoms. The summed E-state index contributed by atoms with van der Waals surface area (Å²) in [6, 6.07) is 0. The Morgan fingerprint density at radius 2 is 0.889 bits per heavy atom. The molecule has 0 aliphatic heterocycles. The lowest BCUT2D eigenvalue weighted by Crippen LogP contribution is -2.14. The van der Waals surface area contributed by atoms with E-state index in [2.05, 4.69) is 0 Å². The van der Waals surface area contributed by atoms with Crippen LogP contribution in [0, 0.1) is 0 Å². The number of ether oxygens (including phenoxy) is 4. The van der Waals surface area contributed by atoms with Gasteiger partial charge < -0.3 is 18.9 Å². The molecule has 0 aromatic carbocycles. The third kappa shape index (κ3) is 9.36. The molecule has 0 atom stereocenters. The largest absolute Gasteiger partial charge is 0.349 e. The fourth-order valence-corrected chi connectivity index (χ4v) is 1.29. The fraction of sp³-hybridized carbons (Fsp3) is 0.714. The van der Waals surface area contributed by atoms with Gasteiger partial charge >= 0.3 is 0 Å². The molecule has 18 heavy (non-hydrogen) atoms. The van der Waals surface area contributed by atoms with Crippen molar-refractivity contribution in [2.45, 2.75) is 40.3 Å². The van der Waals surface area contributed by atoms with Gasteiger partial charge in [-0.3, -0.25) is 0 Å². The maximum atomic E-state index is 5.38. The van der Waals surface area contributed by atoms with Gasteiger partial charge in [-0.05, 0) is 39.8 Å². The van der Waals surface area contributed by atoms with Crippen molar-refractivity contribution in [1.82, 2.24) is 0 Å². The van der Waals surface area contributed by atoms with Gasteiger partial charge in [0.15, 0.2) is 12.6 Å². The van der Waals surface area contributed by atoms with Crippen LogP contribution >= 0.6 is 0 Å². The molecule has 0 rings (SSSR count). The molecule has 0 fully saturated rings. The predicted molar refractivity (Wildman–Crippen MR) is 72.4 cm³/mol. The Morgan fingerprint density at radius 1 is 0.611 bits per heavy atom. The van der Waals surface area contributed by atoms with Crippen molar-refractivity contribution in [1.29, 1.82) is 0 Å². The number of hydrogen-bond acceptors (Lipinski definition) is 4. The molecule has 0 aromatic rings. The molecule has 0 aromatic heterocycles. The monoisotopic (exact) mass is 258 g/mol. The smallest absolute Gasteiger partial charge is 0.177 e. The summed E-state index contributed by atoms with van der Waals surface area (Å²) in [6.07, 6.45) is 6.89. The minimum absolute atomic E-state index is 0.290. The van der Waals surface area contributed by atoms with E-state index in [0.717, 1.165) is 0 Å². The van der Waals surface area contributed by atoms with E-state index in [1.54, 1.807) is 0 Å². The molecule has 0 spiro atoms. The molecule has 0 aliphatic carbocycles. The average molecular weight is 258 g/mol. The van der Waals surface area contributed by atoms with Gasteiger partial charge in [-0.1, -0.05) is 12.2 Å². The molecule has 0 aliphatic rings. The highest BCUT2D eigenvalue weighted by Crippen LogP contribution is 2.00. The number of rotatable bonds is 11. The third-order valence-corrected chi connectivity index (χ3v) is 1.97. The quantitative estimate of drug-likeness (QED) is 0.422. The summed E-state index contributed by atoms with van der Waals surface area (Å²) in [7, 11) is 0. The maximum Gasteiger partial charge on any atom is 0.177 e. The maximum absolute atomic E-state index is 5.38. The second kappa shape index (κ2) is 12.8. The molecule has 0 N–H and O–H groups in total. The highest BCUT2D eigenvalue weighted by Gasteiger charge is 2.02. The SMILES string of the molecule is CCOC(C=CC=CC(OCC)OCC)OCC. The van der Waals surface area contributed by atoms with E-state index in [9.17, 15) is 0 Å². The normalized spacial score (nSPS) is 12.6. The lowest BCUT2D eigenvalue weighted by atomic mass is 10.4. The Hall–Kier alpha value is -0.680. The summed E-state index contributed by atoms with van der Waals surface area (Å²) in [4.78, 5) is 0. The van der Waals surface area contributed by atoms with Crippen LogP contribution in [0.3, 0.4) is 0 Å². The zero-order chi connectivity index (χ0) is 13.6. The van der Waals surface area contributed by atoms with Crippen molar-refractivity contribution < 1.29 is 18.9 Å². The molecular weight excluding hydrogens is 232 g/mol. The molecule has 106 valence electrons. The molecule has 0 heterocycles. The van der Waals surface area contributed by atoms with E-state index < -0.39 is 0 Å². The topological polar surface area (TPSA) is 36.9 Å². The second-order valence-electron chi connectivity index (χ2n) is 3.33. The van der Waals surface area contributed by atoms with Crippen LogP contribution in [-0.2, 0) is 18.9 Å². The molecule has 0 bridgehead atoms. The Bertz CT molecular complexity index is 190. The Balaban J connectivity index is 4.13.